The first-order valence-corrected chi connectivity index (χ1v) is 7.10. The van der Waals surface area contributed by atoms with Crippen molar-refractivity contribution in [1.29, 1.82) is 0 Å². The lowest BCUT2D eigenvalue weighted by Crippen LogP contribution is -2.31. The van der Waals surface area contributed by atoms with E-state index in [0.717, 1.165) is 30.6 Å². The highest BCUT2D eigenvalue weighted by molar-refractivity contribution is 5.72. The van der Waals surface area contributed by atoms with Gasteiger partial charge < -0.3 is 5.11 Å². The van der Waals surface area contributed by atoms with Gasteiger partial charge in [0.2, 0.25) is 0 Å². The summed E-state index contributed by atoms with van der Waals surface area (Å²) in [6.45, 7) is 0. The Balaban J connectivity index is 1.62. The number of rotatable bonds is 2. The Morgan fingerprint density at radius 3 is 2.71 bits per heavy atom. The van der Waals surface area contributed by atoms with Crippen LogP contribution in [-0.4, -0.2) is 11.1 Å². The largest absolute Gasteiger partial charge is 0.481 e. The second-order valence-electron chi connectivity index (χ2n) is 6.89. The van der Waals surface area contributed by atoms with Crippen molar-refractivity contribution in [2.24, 2.45) is 35.0 Å². The molecule has 1 N–H and O–H groups in total. The van der Waals surface area contributed by atoms with E-state index in [0.29, 0.717) is 5.92 Å². The highest BCUT2D eigenvalue weighted by atomic mass is 16.4. The Labute approximate surface area is 102 Å². The first kappa shape index (κ1) is 10.2. The minimum atomic E-state index is -0.565. The van der Waals surface area contributed by atoms with Gasteiger partial charge in [-0.3, -0.25) is 4.79 Å². The third-order valence-electron chi connectivity index (χ3n) is 6.20. The molecule has 3 fully saturated rings. The maximum Gasteiger partial charge on any atom is 0.307 e. The standard InChI is InChI=1S/C15H20O2/c16-14(17)12-8-15(4-3-11(12)7-15)13-6-9-1-2-10(13)5-9/h3-4,9-13H,1-2,5-8H2,(H,16,17). The molecule has 0 aromatic heterocycles. The van der Waals surface area contributed by atoms with Gasteiger partial charge in [-0.1, -0.05) is 18.6 Å². The summed E-state index contributed by atoms with van der Waals surface area (Å²) in [6, 6.07) is 0. The fourth-order valence-electron chi connectivity index (χ4n) is 5.52. The van der Waals surface area contributed by atoms with Crippen LogP contribution in [0.3, 0.4) is 0 Å². The van der Waals surface area contributed by atoms with Crippen LogP contribution in [0.2, 0.25) is 0 Å². The second kappa shape index (κ2) is 3.15. The van der Waals surface area contributed by atoms with Crippen molar-refractivity contribution in [1.82, 2.24) is 0 Å². The molecule has 4 rings (SSSR count). The summed E-state index contributed by atoms with van der Waals surface area (Å²) in [5.74, 6) is 2.38. The molecule has 0 spiro atoms. The third kappa shape index (κ3) is 1.24. The van der Waals surface area contributed by atoms with E-state index in [1.54, 1.807) is 0 Å². The second-order valence-corrected chi connectivity index (χ2v) is 6.89. The van der Waals surface area contributed by atoms with Crippen molar-refractivity contribution in [3.8, 4) is 0 Å². The number of allylic oxidation sites excluding steroid dienone is 2. The van der Waals surface area contributed by atoms with Crippen LogP contribution < -0.4 is 0 Å². The molecule has 0 radical (unpaired) electrons. The van der Waals surface area contributed by atoms with Crippen molar-refractivity contribution < 1.29 is 9.90 Å². The number of aliphatic carboxylic acids is 1. The van der Waals surface area contributed by atoms with Crippen LogP contribution in [0.5, 0.6) is 0 Å². The van der Waals surface area contributed by atoms with Gasteiger partial charge in [0.15, 0.2) is 0 Å². The summed E-state index contributed by atoms with van der Waals surface area (Å²) in [5, 5.41) is 9.29. The first-order chi connectivity index (χ1) is 8.18. The van der Waals surface area contributed by atoms with Crippen molar-refractivity contribution in [3.63, 3.8) is 0 Å². The molecule has 92 valence electrons. The Morgan fingerprint density at radius 1 is 1.24 bits per heavy atom. The maximum atomic E-state index is 11.3. The molecule has 0 aliphatic heterocycles. The van der Waals surface area contributed by atoms with Gasteiger partial charge in [-0.15, -0.1) is 0 Å². The van der Waals surface area contributed by atoms with E-state index in [4.69, 9.17) is 0 Å². The van der Waals surface area contributed by atoms with E-state index in [9.17, 15) is 9.90 Å². The average Bonchev–Trinajstić information content (AvgIpc) is 3.07. The van der Waals surface area contributed by atoms with Gasteiger partial charge in [-0.25, -0.2) is 0 Å². The fraction of sp³-hybridized carbons (Fsp3) is 0.800. The lowest BCUT2D eigenvalue weighted by atomic mass is 9.67. The molecule has 3 saturated carbocycles. The van der Waals surface area contributed by atoms with E-state index in [2.05, 4.69) is 12.2 Å². The molecule has 4 aliphatic carbocycles. The fourth-order valence-corrected chi connectivity index (χ4v) is 5.52. The van der Waals surface area contributed by atoms with Crippen LogP contribution in [0.25, 0.3) is 0 Å². The van der Waals surface area contributed by atoms with Crippen LogP contribution in [0.15, 0.2) is 12.2 Å². The summed E-state index contributed by atoms with van der Waals surface area (Å²) >= 11 is 0. The molecule has 0 aromatic carbocycles. The smallest absolute Gasteiger partial charge is 0.307 e. The minimum Gasteiger partial charge on any atom is -0.481 e. The highest BCUT2D eigenvalue weighted by Gasteiger charge is 2.57. The van der Waals surface area contributed by atoms with Gasteiger partial charge in [0.1, 0.15) is 0 Å². The lowest BCUT2D eigenvalue weighted by molar-refractivity contribution is -0.142. The molecule has 6 atom stereocenters. The van der Waals surface area contributed by atoms with E-state index in [1.807, 2.05) is 0 Å². The van der Waals surface area contributed by atoms with Gasteiger partial charge in [0.05, 0.1) is 5.92 Å². The Morgan fingerprint density at radius 2 is 2.12 bits per heavy atom. The zero-order valence-electron chi connectivity index (χ0n) is 10.1. The predicted molar refractivity (Wildman–Crippen MR) is 64.4 cm³/mol. The highest BCUT2D eigenvalue weighted by Crippen LogP contribution is 2.64. The molecule has 4 bridgehead atoms. The van der Waals surface area contributed by atoms with Crippen LogP contribution in [-0.2, 0) is 4.79 Å². The Kier molecular flexibility index (Phi) is 1.88. The summed E-state index contributed by atoms with van der Waals surface area (Å²) in [6.07, 6.45) is 12.3. The van der Waals surface area contributed by atoms with Gasteiger partial charge in [0.25, 0.3) is 0 Å². The van der Waals surface area contributed by atoms with Crippen molar-refractivity contribution >= 4 is 5.97 Å². The number of hydrogen-bond acceptors (Lipinski definition) is 1. The van der Waals surface area contributed by atoms with E-state index >= 15 is 0 Å². The van der Waals surface area contributed by atoms with Crippen LogP contribution in [0.1, 0.15) is 38.5 Å². The molecule has 17 heavy (non-hydrogen) atoms. The van der Waals surface area contributed by atoms with E-state index < -0.39 is 5.97 Å². The molecule has 2 nitrogen and oxygen atoms in total. The summed E-state index contributed by atoms with van der Waals surface area (Å²) in [7, 11) is 0. The van der Waals surface area contributed by atoms with Crippen molar-refractivity contribution in [2.45, 2.75) is 38.5 Å². The minimum absolute atomic E-state index is 0.0841. The first-order valence-electron chi connectivity index (χ1n) is 7.10. The topological polar surface area (TPSA) is 37.3 Å². The molecular weight excluding hydrogens is 212 g/mol. The molecule has 0 heterocycles. The molecule has 0 aromatic rings. The Bertz CT molecular complexity index is 400. The summed E-state index contributed by atoms with van der Waals surface area (Å²) in [4.78, 5) is 11.3. The third-order valence-corrected chi connectivity index (χ3v) is 6.20. The molecule has 6 unspecified atom stereocenters. The molecule has 0 saturated heterocycles. The van der Waals surface area contributed by atoms with Gasteiger partial charge in [-0.05, 0) is 61.2 Å². The van der Waals surface area contributed by atoms with E-state index in [1.165, 1.54) is 25.7 Å². The number of carboxylic acid groups (broad SMARTS) is 1. The van der Waals surface area contributed by atoms with Crippen LogP contribution in [0, 0.1) is 35.0 Å². The quantitative estimate of drug-likeness (QED) is 0.743. The number of carboxylic acids is 1. The maximum absolute atomic E-state index is 11.3. The Hall–Kier alpha value is -0.790. The predicted octanol–water partition coefficient (Wildman–Crippen LogP) is 3.09. The zero-order chi connectivity index (χ0) is 11.6. The number of carbonyl (C=O) groups is 1. The van der Waals surface area contributed by atoms with E-state index in [-0.39, 0.29) is 11.3 Å². The lowest BCUT2D eigenvalue weighted by Gasteiger charge is -2.37. The molecule has 2 heteroatoms. The zero-order valence-corrected chi connectivity index (χ0v) is 10.1. The van der Waals surface area contributed by atoms with Crippen LogP contribution >= 0.6 is 0 Å². The normalized spacial score (nSPS) is 54.7. The SMILES string of the molecule is O=C(O)C1CC2(C3CC4CCC3C4)C=CC1C2. The van der Waals surface area contributed by atoms with Gasteiger partial charge >= 0.3 is 5.97 Å². The summed E-state index contributed by atoms with van der Waals surface area (Å²) in [5.41, 5.74) is 0.285. The molecular formula is C15H20O2. The van der Waals surface area contributed by atoms with Crippen molar-refractivity contribution in [3.05, 3.63) is 12.2 Å². The van der Waals surface area contributed by atoms with Crippen LogP contribution in [0.4, 0.5) is 0 Å². The number of fused-ring (bicyclic) bond motifs is 4. The molecule has 0 amide bonds. The average molecular weight is 232 g/mol. The summed E-state index contributed by atoms with van der Waals surface area (Å²) < 4.78 is 0. The molecule has 4 aliphatic rings. The van der Waals surface area contributed by atoms with Gasteiger partial charge in [0, 0.05) is 0 Å². The monoisotopic (exact) mass is 232 g/mol. The number of hydrogen-bond donors (Lipinski definition) is 1. The van der Waals surface area contributed by atoms with Crippen molar-refractivity contribution in [2.75, 3.05) is 0 Å². The van der Waals surface area contributed by atoms with Gasteiger partial charge in [-0.2, -0.15) is 0 Å².